The van der Waals surface area contributed by atoms with Gasteiger partial charge in [-0.2, -0.15) is 0 Å². The highest BCUT2D eigenvalue weighted by molar-refractivity contribution is 6.29. The number of aliphatic hydroxyl groups is 1. The fourth-order valence-corrected chi connectivity index (χ4v) is 3.02. The van der Waals surface area contributed by atoms with Crippen LogP contribution >= 0.6 is 0 Å². The molecular formula is C23H18N4O2. The van der Waals surface area contributed by atoms with E-state index in [0.717, 1.165) is 6.08 Å². The normalized spacial score (nSPS) is 12.6. The molecule has 0 aliphatic carbocycles. The van der Waals surface area contributed by atoms with Crippen molar-refractivity contribution in [2.45, 2.75) is 0 Å². The zero-order valence-electron chi connectivity index (χ0n) is 15.4. The van der Waals surface area contributed by atoms with Gasteiger partial charge in [-0.25, -0.2) is 4.68 Å². The average Bonchev–Trinajstić information content (AvgIpc) is 3.19. The minimum absolute atomic E-state index is 0.118. The second kappa shape index (κ2) is 7.82. The zero-order chi connectivity index (χ0) is 20.2. The van der Waals surface area contributed by atoms with Crippen LogP contribution in [0, 0.1) is 0 Å². The number of nitrogens with two attached hydrogens (primary N) is 1. The Balaban J connectivity index is 1.88. The Labute approximate surface area is 167 Å². The minimum Gasteiger partial charge on any atom is -0.507 e. The fourth-order valence-electron chi connectivity index (χ4n) is 3.02. The molecule has 0 aliphatic rings. The lowest BCUT2D eigenvalue weighted by atomic mass is 10.1. The topological polar surface area (TPSA) is 94.0 Å². The van der Waals surface area contributed by atoms with Gasteiger partial charge >= 0.3 is 0 Å². The van der Waals surface area contributed by atoms with Crippen LogP contribution in [0.25, 0.3) is 28.2 Å². The molecule has 0 amide bonds. The van der Waals surface area contributed by atoms with Crippen molar-refractivity contribution in [2.75, 3.05) is 0 Å². The molecule has 6 nitrogen and oxygen atoms in total. The van der Waals surface area contributed by atoms with Crippen molar-refractivity contribution in [1.29, 1.82) is 0 Å². The quantitative estimate of drug-likeness (QED) is 0.403. The molecule has 6 heteroatoms. The van der Waals surface area contributed by atoms with E-state index in [2.05, 4.69) is 10.3 Å². The number of aliphatic hydroxyl groups excluding tert-OH is 1. The van der Waals surface area contributed by atoms with Crippen LogP contribution in [0.2, 0.25) is 0 Å². The summed E-state index contributed by atoms with van der Waals surface area (Å²) < 4.78 is 1.41. The van der Waals surface area contributed by atoms with Crippen LogP contribution in [0.1, 0.15) is 11.1 Å². The summed E-state index contributed by atoms with van der Waals surface area (Å²) in [5, 5.41) is 18.7. The van der Waals surface area contributed by atoms with E-state index in [1.807, 2.05) is 54.6 Å². The Morgan fingerprint density at radius 1 is 0.862 bits per heavy atom. The molecule has 4 aromatic rings. The molecule has 0 atom stereocenters. The second-order valence-corrected chi connectivity index (χ2v) is 6.38. The molecule has 0 unspecified atom stereocenters. The molecule has 3 aromatic carbocycles. The maximum Gasteiger partial charge on any atom is 0.210 e. The summed E-state index contributed by atoms with van der Waals surface area (Å²) in [6.07, 6.45) is 1.15. The predicted octanol–water partition coefficient (Wildman–Crippen LogP) is 3.88. The molecule has 1 heterocycles. The van der Waals surface area contributed by atoms with E-state index in [4.69, 9.17) is 5.73 Å². The third-order valence-corrected chi connectivity index (χ3v) is 4.47. The molecule has 142 valence electrons. The standard InChI is InChI=1S/C23H18N4O2/c24-22(17-11-5-2-6-12-17)23(27-19-14-8-7-13-18(19)25-26-27)21(29)15-20(28)16-9-3-1-4-10-16/h1-15,28H,24H2/b20-15-,23-22+. The van der Waals surface area contributed by atoms with Gasteiger partial charge in [-0.05, 0) is 17.7 Å². The number of benzene rings is 3. The van der Waals surface area contributed by atoms with Gasteiger partial charge in [-0.1, -0.05) is 78.0 Å². The van der Waals surface area contributed by atoms with Crippen molar-refractivity contribution in [3.63, 3.8) is 0 Å². The maximum atomic E-state index is 13.2. The first-order chi connectivity index (χ1) is 14.1. The summed E-state index contributed by atoms with van der Waals surface area (Å²) in [6, 6.07) is 25.3. The van der Waals surface area contributed by atoms with Crippen molar-refractivity contribution >= 4 is 34.0 Å². The highest BCUT2D eigenvalue weighted by Gasteiger charge is 2.20. The molecule has 0 saturated heterocycles. The summed E-state index contributed by atoms with van der Waals surface area (Å²) in [4.78, 5) is 13.2. The van der Waals surface area contributed by atoms with Gasteiger partial charge in [0.05, 0.1) is 11.2 Å². The number of hydrogen-bond donors (Lipinski definition) is 2. The van der Waals surface area contributed by atoms with Gasteiger partial charge in [0.1, 0.15) is 17.0 Å². The Morgan fingerprint density at radius 2 is 1.45 bits per heavy atom. The fraction of sp³-hybridized carbons (Fsp3) is 0. The predicted molar refractivity (Wildman–Crippen MR) is 113 cm³/mol. The molecule has 0 aliphatic heterocycles. The van der Waals surface area contributed by atoms with Crippen molar-refractivity contribution in [2.24, 2.45) is 5.73 Å². The molecule has 1 aromatic heterocycles. The number of aromatic nitrogens is 3. The Hall–Kier alpha value is -4.19. The molecule has 29 heavy (non-hydrogen) atoms. The highest BCUT2D eigenvalue weighted by atomic mass is 16.3. The number of ketones is 1. The number of hydrogen-bond acceptors (Lipinski definition) is 5. The number of allylic oxidation sites excluding steroid dienone is 2. The molecule has 0 radical (unpaired) electrons. The van der Waals surface area contributed by atoms with E-state index >= 15 is 0 Å². The van der Waals surface area contributed by atoms with E-state index < -0.39 is 5.78 Å². The number of carbonyl (C=O) groups excluding carboxylic acids is 1. The van der Waals surface area contributed by atoms with Gasteiger partial charge in [0.2, 0.25) is 5.78 Å². The van der Waals surface area contributed by atoms with Crippen molar-refractivity contribution in [3.05, 3.63) is 102 Å². The Kier molecular flexibility index (Phi) is 4.90. The third-order valence-electron chi connectivity index (χ3n) is 4.47. The second-order valence-electron chi connectivity index (χ2n) is 6.38. The van der Waals surface area contributed by atoms with Crippen LogP contribution in [0.5, 0.6) is 0 Å². The number of para-hydroxylation sites is 1. The van der Waals surface area contributed by atoms with Gasteiger partial charge in [-0.15, -0.1) is 5.10 Å². The highest BCUT2D eigenvalue weighted by Crippen LogP contribution is 2.23. The van der Waals surface area contributed by atoms with Gasteiger partial charge in [0, 0.05) is 11.6 Å². The lowest BCUT2D eigenvalue weighted by molar-refractivity contribution is -0.110. The van der Waals surface area contributed by atoms with Gasteiger partial charge in [-0.3, -0.25) is 4.79 Å². The van der Waals surface area contributed by atoms with E-state index in [1.165, 1.54) is 4.68 Å². The zero-order valence-corrected chi connectivity index (χ0v) is 15.4. The van der Waals surface area contributed by atoms with Gasteiger partial charge in [0.25, 0.3) is 0 Å². The lowest BCUT2D eigenvalue weighted by Gasteiger charge is -2.11. The van der Waals surface area contributed by atoms with Crippen molar-refractivity contribution < 1.29 is 9.90 Å². The molecule has 3 N–H and O–H groups in total. The van der Waals surface area contributed by atoms with Crippen molar-refractivity contribution in [3.8, 4) is 0 Å². The molecule has 0 fully saturated rings. The summed E-state index contributed by atoms with van der Waals surface area (Å²) in [5.74, 6) is -0.637. The van der Waals surface area contributed by atoms with Crippen LogP contribution in [0.3, 0.4) is 0 Å². The number of rotatable bonds is 5. The maximum absolute atomic E-state index is 13.2. The number of fused-ring (bicyclic) bond motifs is 1. The molecule has 0 spiro atoms. The largest absolute Gasteiger partial charge is 0.507 e. The van der Waals surface area contributed by atoms with E-state index in [-0.39, 0.29) is 17.2 Å². The number of nitrogens with zero attached hydrogens (tertiary/aromatic N) is 3. The summed E-state index contributed by atoms with van der Waals surface area (Å²) in [5.41, 5.74) is 9.23. The third kappa shape index (κ3) is 3.64. The lowest BCUT2D eigenvalue weighted by Crippen LogP contribution is -2.15. The van der Waals surface area contributed by atoms with Crippen LogP contribution in [-0.4, -0.2) is 25.9 Å². The molecule has 0 saturated carbocycles. The SMILES string of the molecule is N/C(=C(\C(=O)/C=C(\O)c1ccccc1)n1nnc2ccccc21)c1ccccc1. The van der Waals surface area contributed by atoms with Crippen LogP contribution in [-0.2, 0) is 4.79 Å². The number of carbonyl (C=O) groups is 1. The molecule has 0 bridgehead atoms. The van der Waals surface area contributed by atoms with Crippen LogP contribution in [0.15, 0.2) is 91.0 Å². The van der Waals surface area contributed by atoms with Crippen LogP contribution < -0.4 is 5.73 Å². The van der Waals surface area contributed by atoms with E-state index in [0.29, 0.717) is 22.2 Å². The monoisotopic (exact) mass is 382 g/mol. The molecule has 4 rings (SSSR count). The summed E-state index contributed by atoms with van der Waals surface area (Å²) in [7, 11) is 0. The first kappa shape index (κ1) is 18.2. The van der Waals surface area contributed by atoms with Gasteiger partial charge in [0.15, 0.2) is 0 Å². The Morgan fingerprint density at radius 3 is 2.14 bits per heavy atom. The smallest absolute Gasteiger partial charge is 0.210 e. The van der Waals surface area contributed by atoms with E-state index in [1.54, 1.807) is 30.3 Å². The molecular weight excluding hydrogens is 364 g/mol. The first-order valence-corrected chi connectivity index (χ1v) is 9.01. The minimum atomic E-state index is -0.483. The van der Waals surface area contributed by atoms with E-state index in [9.17, 15) is 9.90 Å². The van der Waals surface area contributed by atoms with Crippen LogP contribution in [0.4, 0.5) is 0 Å². The van der Waals surface area contributed by atoms with Gasteiger partial charge < -0.3 is 10.8 Å². The summed E-state index contributed by atoms with van der Waals surface area (Å²) in [6.45, 7) is 0. The first-order valence-electron chi connectivity index (χ1n) is 9.01. The Bertz CT molecular complexity index is 1230. The van der Waals surface area contributed by atoms with Crippen molar-refractivity contribution in [1.82, 2.24) is 15.0 Å². The summed E-state index contributed by atoms with van der Waals surface area (Å²) >= 11 is 0. The average molecular weight is 382 g/mol.